The first-order valence-electron chi connectivity index (χ1n) is 5.74. The maximum atomic E-state index is 5.56. The first kappa shape index (κ1) is 13.0. The molecule has 0 aliphatic rings. The van der Waals surface area contributed by atoms with Crippen LogP contribution >= 0.6 is 23.6 Å². The molecule has 2 heterocycles. The summed E-state index contributed by atoms with van der Waals surface area (Å²) in [6.45, 7) is 3.92. The molecule has 5 heteroatoms. The molecule has 18 heavy (non-hydrogen) atoms. The zero-order valence-corrected chi connectivity index (χ0v) is 11.8. The molecule has 0 saturated heterocycles. The van der Waals surface area contributed by atoms with Gasteiger partial charge in [-0.2, -0.15) is 0 Å². The molecule has 0 aromatic carbocycles. The lowest BCUT2D eigenvalue weighted by atomic mass is 10.2. The molecule has 0 radical (unpaired) electrons. The molecule has 0 fully saturated rings. The van der Waals surface area contributed by atoms with Crippen LogP contribution in [0, 0.1) is 0 Å². The van der Waals surface area contributed by atoms with Crippen molar-refractivity contribution in [2.75, 3.05) is 11.4 Å². The molecule has 0 unspecified atom stereocenters. The van der Waals surface area contributed by atoms with Crippen LogP contribution in [-0.4, -0.2) is 16.5 Å². The summed E-state index contributed by atoms with van der Waals surface area (Å²) in [5.41, 5.74) is 6.37. The average Bonchev–Trinajstić information content (AvgIpc) is 2.89. The second kappa shape index (κ2) is 5.93. The van der Waals surface area contributed by atoms with Crippen LogP contribution in [0.15, 0.2) is 35.8 Å². The van der Waals surface area contributed by atoms with Crippen LogP contribution < -0.4 is 10.6 Å². The Morgan fingerprint density at radius 2 is 2.28 bits per heavy atom. The third-order valence-corrected chi connectivity index (χ3v) is 3.76. The summed E-state index contributed by atoms with van der Waals surface area (Å²) >= 11 is 6.68. The van der Waals surface area contributed by atoms with Crippen molar-refractivity contribution in [2.45, 2.75) is 13.5 Å². The number of anilines is 1. The highest BCUT2D eigenvalue weighted by molar-refractivity contribution is 7.80. The molecule has 0 amide bonds. The minimum Gasteiger partial charge on any atom is -0.389 e. The van der Waals surface area contributed by atoms with E-state index in [-0.39, 0.29) is 0 Å². The van der Waals surface area contributed by atoms with E-state index in [9.17, 15) is 0 Å². The maximum absolute atomic E-state index is 5.56. The summed E-state index contributed by atoms with van der Waals surface area (Å²) in [6, 6.07) is 8.08. The fraction of sp³-hybridized carbons (Fsp3) is 0.231. The van der Waals surface area contributed by atoms with E-state index in [1.807, 2.05) is 12.1 Å². The second-order valence-corrected chi connectivity index (χ2v) is 5.33. The lowest BCUT2D eigenvalue weighted by Crippen LogP contribution is -2.22. The fourth-order valence-corrected chi connectivity index (χ4v) is 2.50. The minimum absolute atomic E-state index is 0.385. The van der Waals surface area contributed by atoms with Gasteiger partial charge in [-0.3, -0.25) is 0 Å². The van der Waals surface area contributed by atoms with Crippen LogP contribution in [0.2, 0.25) is 0 Å². The molecule has 2 N–H and O–H groups in total. The maximum Gasteiger partial charge on any atom is 0.128 e. The van der Waals surface area contributed by atoms with E-state index in [1.54, 1.807) is 17.5 Å². The number of pyridine rings is 1. The third-order valence-electron chi connectivity index (χ3n) is 2.66. The van der Waals surface area contributed by atoms with Crippen LogP contribution in [0.5, 0.6) is 0 Å². The Morgan fingerprint density at radius 1 is 1.44 bits per heavy atom. The molecule has 94 valence electrons. The van der Waals surface area contributed by atoms with Gasteiger partial charge in [0.1, 0.15) is 10.8 Å². The fourth-order valence-electron chi connectivity index (χ4n) is 1.66. The Labute approximate surface area is 116 Å². The Bertz CT molecular complexity index is 506. The zero-order valence-electron chi connectivity index (χ0n) is 10.2. The van der Waals surface area contributed by atoms with Gasteiger partial charge in [-0.1, -0.05) is 18.3 Å². The summed E-state index contributed by atoms with van der Waals surface area (Å²) in [5.74, 6) is 0.950. The molecule has 0 atom stereocenters. The van der Waals surface area contributed by atoms with Gasteiger partial charge in [-0.05, 0) is 30.5 Å². The lowest BCUT2D eigenvalue weighted by Gasteiger charge is -2.21. The molecular formula is C13H15N3S2. The number of nitrogens with two attached hydrogens (primary N) is 1. The third kappa shape index (κ3) is 3.05. The van der Waals surface area contributed by atoms with Crippen molar-refractivity contribution < 1.29 is 0 Å². The number of thiocarbonyl (C=S) groups is 1. The molecule has 2 aromatic heterocycles. The van der Waals surface area contributed by atoms with Gasteiger partial charge < -0.3 is 10.6 Å². The quantitative estimate of drug-likeness (QED) is 0.853. The topological polar surface area (TPSA) is 42.1 Å². The van der Waals surface area contributed by atoms with Crippen molar-refractivity contribution in [3.8, 4) is 0 Å². The highest BCUT2D eigenvalue weighted by Crippen LogP contribution is 2.17. The predicted octanol–water partition coefficient (Wildman–Crippen LogP) is 2.80. The smallest absolute Gasteiger partial charge is 0.128 e. The van der Waals surface area contributed by atoms with Gasteiger partial charge in [-0.15, -0.1) is 11.3 Å². The van der Waals surface area contributed by atoms with Crippen molar-refractivity contribution in [2.24, 2.45) is 5.73 Å². The highest BCUT2D eigenvalue weighted by atomic mass is 32.1. The number of thiophene rings is 1. The largest absolute Gasteiger partial charge is 0.389 e. The Kier molecular flexibility index (Phi) is 4.28. The van der Waals surface area contributed by atoms with Gasteiger partial charge in [0, 0.05) is 23.2 Å². The Hall–Kier alpha value is -1.46. The monoisotopic (exact) mass is 277 g/mol. The number of hydrogen-bond donors (Lipinski definition) is 1. The van der Waals surface area contributed by atoms with E-state index in [4.69, 9.17) is 18.0 Å². The molecule has 0 saturated carbocycles. The van der Waals surface area contributed by atoms with E-state index >= 15 is 0 Å². The van der Waals surface area contributed by atoms with Gasteiger partial charge in [-0.25, -0.2) is 4.98 Å². The zero-order chi connectivity index (χ0) is 13.0. The Balaban J connectivity index is 2.14. The van der Waals surface area contributed by atoms with E-state index in [1.165, 1.54) is 4.88 Å². The van der Waals surface area contributed by atoms with E-state index in [0.29, 0.717) is 4.99 Å². The molecule has 0 aliphatic carbocycles. The Morgan fingerprint density at radius 3 is 2.78 bits per heavy atom. The summed E-state index contributed by atoms with van der Waals surface area (Å²) in [5, 5.41) is 2.09. The first-order chi connectivity index (χ1) is 8.70. The molecule has 0 bridgehead atoms. The standard InChI is InChI=1S/C13H15N3S2/c1-2-16(9-11-4-3-7-18-11)12-6-5-10(8-15-12)13(14)17/h3-8H,2,9H2,1H3,(H2,14,17). The summed E-state index contributed by atoms with van der Waals surface area (Å²) in [7, 11) is 0. The highest BCUT2D eigenvalue weighted by Gasteiger charge is 2.07. The van der Waals surface area contributed by atoms with Gasteiger partial charge in [0.25, 0.3) is 0 Å². The van der Waals surface area contributed by atoms with Crippen LogP contribution in [-0.2, 0) is 6.54 Å². The number of hydrogen-bond acceptors (Lipinski definition) is 4. The summed E-state index contributed by atoms with van der Waals surface area (Å²) < 4.78 is 0. The van der Waals surface area contributed by atoms with Crippen LogP contribution in [0.25, 0.3) is 0 Å². The average molecular weight is 277 g/mol. The molecule has 0 aliphatic heterocycles. The first-order valence-corrected chi connectivity index (χ1v) is 7.02. The van der Waals surface area contributed by atoms with Crippen molar-refractivity contribution in [3.05, 3.63) is 46.3 Å². The minimum atomic E-state index is 0.385. The van der Waals surface area contributed by atoms with E-state index < -0.39 is 0 Å². The van der Waals surface area contributed by atoms with Crippen LogP contribution in [0.3, 0.4) is 0 Å². The molecular weight excluding hydrogens is 262 g/mol. The second-order valence-electron chi connectivity index (χ2n) is 3.86. The van der Waals surface area contributed by atoms with E-state index in [0.717, 1.165) is 24.5 Å². The SMILES string of the molecule is CCN(Cc1cccs1)c1ccc(C(N)=S)cn1. The normalized spacial score (nSPS) is 10.3. The molecule has 3 nitrogen and oxygen atoms in total. The number of nitrogens with zero attached hydrogens (tertiary/aromatic N) is 2. The van der Waals surface area contributed by atoms with Crippen LogP contribution in [0.1, 0.15) is 17.4 Å². The lowest BCUT2D eigenvalue weighted by molar-refractivity contribution is 0.823. The van der Waals surface area contributed by atoms with Crippen molar-refractivity contribution >= 4 is 34.4 Å². The van der Waals surface area contributed by atoms with Gasteiger partial charge in [0.15, 0.2) is 0 Å². The van der Waals surface area contributed by atoms with Gasteiger partial charge in [0.2, 0.25) is 0 Å². The van der Waals surface area contributed by atoms with Crippen LogP contribution in [0.4, 0.5) is 5.82 Å². The number of aromatic nitrogens is 1. The molecule has 0 spiro atoms. The van der Waals surface area contributed by atoms with Gasteiger partial charge >= 0.3 is 0 Å². The van der Waals surface area contributed by atoms with Crippen molar-refractivity contribution in [1.82, 2.24) is 4.98 Å². The van der Waals surface area contributed by atoms with Crippen molar-refractivity contribution in [1.29, 1.82) is 0 Å². The number of rotatable bonds is 5. The summed E-state index contributed by atoms with van der Waals surface area (Å²) in [6.07, 6.45) is 1.73. The summed E-state index contributed by atoms with van der Waals surface area (Å²) in [4.78, 5) is 8.35. The van der Waals surface area contributed by atoms with E-state index in [2.05, 4.69) is 34.3 Å². The predicted molar refractivity (Wildman–Crippen MR) is 81.2 cm³/mol. The molecule has 2 rings (SSSR count). The molecule has 2 aromatic rings. The van der Waals surface area contributed by atoms with Crippen molar-refractivity contribution in [3.63, 3.8) is 0 Å². The van der Waals surface area contributed by atoms with Gasteiger partial charge in [0.05, 0.1) is 6.54 Å².